The van der Waals surface area contributed by atoms with Crippen molar-refractivity contribution in [1.82, 2.24) is 9.80 Å². The highest BCUT2D eigenvalue weighted by molar-refractivity contribution is 5.95. The van der Waals surface area contributed by atoms with E-state index in [4.69, 9.17) is 9.47 Å². The van der Waals surface area contributed by atoms with Gasteiger partial charge >= 0.3 is 0 Å². The number of fused-ring (bicyclic) bond motifs is 1. The van der Waals surface area contributed by atoms with Gasteiger partial charge in [0.1, 0.15) is 6.04 Å². The highest BCUT2D eigenvalue weighted by atomic mass is 16.5. The van der Waals surface area contributed by atoms with E-state index in [0.29, 0.717) is 26.4 Å². The first-order valence-electron chi connectivity index (χ1n) is 6.89. The van der Waals surface area contributed by atoms with Crippen molar-refractivity contribution >= 4 is 11.8 Å². The van der Waals surface area contributed by atoms with E-state index in [1.807, 2.05) is 0 Å². The number of methoxy groups -OCH3 is 1. The van der Waals surface area contributed by atoms with Crippen LogP contribution in [0.4, 0.5) is 0 Å². The maximum Gasteiger partial charge on any atom is 0.245 e. The van der Waals surface area contributed by atoms with Crippen LogP contribution in [-0.2, 0) is 19.1 Å². The summed E-state index contributed by atoms with van der Waals surface area (Å²) >= 11 is 0. The molecule has 0 aromatic rings. The van der Waals surface area contributed by atoms with Crippen LogP contribution in [0.1, 0.15) is 19.3 Å². The molecule has 2 amide bonds. The van der Waals surface area contributed by atoms with Crippen LogP contribution in [0, 0.1) is 0 Å². The van der Waals surface area contributed by atoms with Crippen LogP contribution in [0.3, 0.4) is 0 Å². The number of amides is 2. The molecule has 108 valence electrons. The summed E-state index contributed by atoms with van der Waals surface area (Å²) in [6.07, 6.45) is 2.51. The molecular formula is C13H22N2O4. The van der Waals surface area contributed by atoms with Crippen LogP contribution in [0.2, 0.25) is 0 Å². The maximum atomic E-state index is 12.2. The minimum Gasteiger partial charge on any atom is -0.382 e. The Morgan fingerprint density at radius 1 is 1.26 bits per heavy atom. The molecule has 1 atom stereocenters. The third-order valence-corrected chi connectivity index (χ3v) is 3.64. The Balaban J connectivity index is 1.71. The third kappa shape index (κ3) is 3.45. The first-order chi connectivity index (χ1) is 9.24. The predicted octanol–water partition coefficient (Wildman–Crippen LogP) is -0.127. The second kappa shape index (κ2) is 6.86. The summed E-state index contributed by atoms with van der Waals surface area (Å²) in [6.45, 7) is 3.31. The van der Waals surface area contributed by atoms with Gasteiger partial charge in [-0.15, -0.1) is 0 Å². The van der Waals surface area contributed by atoms with Gasteiger partial charge in [0.25, 0.3) is 0 Å². The Bertz CT molecular complexity index is 335. The van der Waals surface area contributed by atoms with Gasteiger partial charge < -0.3 is 19.3 Å². The van der Waals surface area contributed by atoms with E-state index in [2.05, 4.69) is 0 Å². The summed E-state index contributed by atoms with van der Waals surface area (Å²) in [5, 5.41) is 0. The lowest BCUT2D eigenvalue weighted by molar-refractivity contribution is -0.153. The SMILES string of the molecule is COCCOCCCN1CC(=O)N2CCCC2C1=O. The van der Waals surface area contributed by atoms with Gasteiger partial charge in [0.15, 0.2) is 0 Å². The molecule has 2 heterocycles. The number of ether oxygens (including phenoxy) is 2. The zero-order valence-corrected chi connectivity index (χ0v) is 11.5. The smallest absolute Gasteiger partial charge is 0.245 e. The number of hydrogen-bond acceptors (Lipinski definition) is 4. The van der Waals surface area contributed by atoms with Crippen LogP contribution in [0.25, 0.3) is 0 Å². The lowest BCUT2D eigenvalue weighted by atomic mass is 10.1. The molecular weight excluding hydrogens is 248 g/mol. The maximum absolute atomic E-state index is 12.2. The van der Waals surface area contributed by atoms with Gasteiger partial charge in [-0.1, -0.05) is 0 Å². The van der Waals surface area contributed by atoms with Crippen molar-refractivity contribution in [3.8, 4) is 0 Å². The molecule has 0 aromatic heterocycles. The molecule has 0 aromatic carbocycles. The van der Waals surface area contributed by atoms with Gasteiger partial charge in [-0.25, -0.2) is 0 Å². The Hall–Kier alpha value is -1.14. The van der Waals surface area contributed by atoms with E-state index in [9.17, 15) is 9.59 Å². The molecule has 2 saturated heterocycles. The highest BCUT2D eigenvalue weighted by Crippen LogP contribution is 2.23. The fraction of sp³-hybridized carbons (Fsp3) is 0.846. The first kappa shape index (κ1) is 14.3. The second-order valence-electron chi connectivity index (χ2n) is 4.96. The highest BCUT2D eigenvalue weighted by Gasteiger charge is 2.41. The Kier molecular flexibility index (Phi) is 5.15. The van der Waals surface area contributed by atoms with Crippen LogP contribution < -0.4 is 0 Å². The minimum atomic E-state index is -0.198. The van der Waals surface area contributed by atoms with Crippen LogP contribution in [-0.4, -0.2) is 74.2 Å². The van der Waals surface area contributed by atoms with Gasteiger partial charge in [-0.2, -0.15) is 0 Å². The van der Waals surface area contributed by atoms with Crippen molar-refractivity contribution in [2.75, 3.05) is 46.6 Å². The number of nitrogens with zero attached hydrogens (tertiary/aromatic N) is 2. The van der Waals surface area contributed by atoms with E-state index < -0.39 is 0 Å². The molecule has 0 radical (unpaired) electrons. The average Bonchev–Trinajstić information content (AvgIpc) is 2.89. The molecule has 0 N–H and O–H groups in total. The van der Waals surface area contributed by atoms with Gasteiger partial charge in [-0.3, -0.25) is 9.59 Å². The number of piperazine rings is 1. The summed E-state index contributed by atoms with van der Waals surface area (Å²) in [7, 11) is 1.63. The summed E-state index contributed by atoms with van der Waals surface area (Å²) in [5.41, 5.74) is 0. The molecule has 2 fully saturated rings. The number of hydrogen-bond donors (Lipinski definition) is 0. The van der Waals surface area contributed by atoms with Crippen LogP contribution in [0.5, 0.6) is 0 Å². The van der Waals surface area contributed by atoms with Crippen molar-refractivity contribution < 1.29 is 19.1 Å². The molecule has 6 heteroatoms. The van der Waals surface area contributed by atoms with E-state index in [1.165, 1.54) is 0 Å². The monoisotopic (exact) mass is 270 g/mol. The Morgan fingerprint density at radius 2 is 2.11 bits per heavy atom. The minimum absolute atomic E-state index is 0.0856. The van der Waals surface area contributed by atoms with Crippen molar-refractivity contribution in [3.63, 3.8) is 0 Å². The van der Waals surface area contributed by atoms with E-state index in [1.54, 1.807) is 16.9 Å². The van der Waals surface area contributed by atoms with Crippen LogP contribution >= 0.6 is 0 Å². The van der Waals surface area contributed by atoms with Crippen LogP contribution in [0.15, 0.2) is 0 Å². The molecule has 1 unspecified atom stereocenters. The number of rotatable bonds is 7. The van der Waals surface area contributed by atoms with Crippen molar-refractivity contribution in [1.29, 1.82) is 0 Å². The fourth-order valence-electron chi connectivity index (χ4n) is 2.66. The summed E-state index contributed by atoms with van der Waals surface area (Å²) < 4.78 is 10.2. The topological polar surface area (TPSA) is 59.1 Å². The third-order valence-electron chi connectivity index (χ3n) is 3.64. The van der Waals surface area contributed by atoms with E-state index >= 15 is 0 Å². The summed E-state index contributed by atoms with van der Waals surface area (Å²) in [6, 6.07) is -0.198. The molecule has 0 spiro atoms. The van der Waals surface area contributed by atoms with Crippen molar-refractivity contribution in [3.05, 3.63) is 0 Å². The average molecular weight is 270 g/mol. The predicted molar refractivity (Wildman–Crippen MR) is 68.6 cm³/mol. The Morgan fingerprint density at radius 3 is 2.89 bits per heavy atom. The van der Waals surface area contributed by atoms with Crippen molar-refractivity contribution in [2.45, 2.75) is 25.3 Å². The normalized spacial score (nSPS) is 23.1. The molecule has 0 saturated carbocycles. The summed E-state index contributed by atoms with van der Waals surface area (Å²) in [4.78, 5) is 27.5. The molecule has 0 aliphatic carbocycles. The first-order valence-corrected chi connectivity index (χ1v) is 6.89. The molecule has 2 aliphatic heterocycles. The largest absolute Gasteiger partial charge is 0.382 e. The van der Waals surface area contributed by atoms with E-state index in [0.717, 1.165) is 25.8 Å². The number of carbonyl (C=O) groups is 2. The zero-order valence-electron chi connectivity index (χ0n) is 11.5. The second-order valence-corrected chi connectivity index (χ2v) is 4.96. The molecule has 2 rings (SSSR count). The van der Waals surface area contributed by atoms with Gasteiger partial charge in [0, 0.05) is 26.8 Å². The molecule has 6 nitrogen and oxygen atoms in total. The lowest BCUT2D eigenvalue weighted by Crippen LogP contribution is -2.57. The molecule has 0 bridgehead atoms. The zero-order chi connectivity index (χ0) is 13.7. The fourth-order valence-corrected chi connectivity index (χ4v) is 2.66. The van der Waals surface area contributed by atoms with Gasteiger partial charge in [0.2, 0.25) is 11.8 Å². The van der Waals surface area contributed by atoms with E-state index in [-0.39, 0.29) is 24.4 Å². The summed E-state index contributed by atoms with van der Waals surface area (Å²) in [5.74, 6) is 0.191. The molecule has 19 heavy (non-hydrogen) atoms. The van der Waals surface area contributed by atoms with Gasteiger partial charge in [-0.05, 0) is 19.3 Å². The quantitative estimate of drug-likeness (QED) is 0.605. The standard InChI is InChI=1S/C13H22N2O4/c1-18-8-9-19-7-3-5-14-10-12(16)15-6-2-4-11(15)13(14)17/h11H,2-10H2,1H3. The van der Waals surface area contributed by atoms with Gasteiger partial charge in [0.05, 0.1) is 19.8 Å². The van der Waals surface area contributed by atoms with Crippen molar-refractivity contribution in [2.24, 2.45) is 0 Å². The molecule has 2 aliphatic rings. The number of carbonyl (C=O) groups excluding carboxylic acids is 2. The lowest BCUT2D eigenvalue weighted by Gasteiger charge is -2.36. The Labute approximate surface area is 113 Å².